The standard InChI is InChI=1S/C25H20N2O6S/c1-25(16-5-9-18(28)10-6-16,17-7-11-19(29)12-8-17)15-33-34(31,32)23-4-2-3-21-20(23)13-14-22(27-26)24(21)30/h2-14H,15H2,1H3,(H2-,28,29,30)/p+1. The predicted octanol–water partition coefficient (Wildman–Crippen LogP) is 5.15. The molecule has 9 heteroatoms. The van der Waals surface area contributed by atoms with Gasteiger partial charge in [0.25, 0.3) is 10.1 Å². The predicted molar refractivity (Wildman–Crippen MR) is 126 cm³/mol. The Morgan fingerprint density at radius 1 is 0.824 bits per heavy atom. The first kappa shape index (κ1) is 23.0. The summed E-state index contributed by atoms with van der Waals surface area (Å²) in [7, 11) is -4.29. The van der Waals surface area contributed by atoms with E-state index >= 15 is 0 Å². The first-order valence-electron chi connectivity index (χ1n) is 10.2. The molecule has 0 aromatic heterocycles. The highest BCUT2D eigenvalue weighted by atomic mass is 32.2. The van der Waals surface area contributed by atoms with Crippen LogP contribution in [0.3, 0.4) is 0 Å². The number of aromatic hydroxyl groups is 3. The molecule has 4 rings (SSSR count). The number of phenols is 3. The van der Waals surface area contributed by atoms with Crippen molar-refractivity contribution in [1.82, 2.24) is 0 Å². The second kappa shape index (κ2) is 8.67. The Bertz CT molecular complexity index is 1460. The SMILES string of the molecule is CC(COS(=O)(=O)c1cccc2c(O)c([N+]#N)ccc12)(c1ccc(O)cc1)c1ccc(O)cc1. The van der Waals surface area contributed by atoms with Gasteiger partial charge in [-0.15, -0.1) is 0 Å². The molecule has 0 amide bonds. The molecule has 0 bridgehead atoms. The normalized spacial score (nSPS) is 11.9. The third-order valence-corrected chi connectivity index (χ3v) is 7.18. The zero-order chi connectivity index (χ0) is 24.5. The van der Waals surface area contributed by atoms with Crippen molar-refractivity contribution in [2.75, 3.05) is 6.61 Å². The summed E-state index contributed by atoms with van der Waals surface area (Å²) in [5.41, 5.74) is 0.339. The highest BCUT2D eigenvalue weighted by Crippen LogP contribution is 2.39. The fourth-order valence-corrected chi connectivity index (χ4v) is 5.06. The maximum atomic E-state index is 13.3. The van der Waals surface area contributed by atoms with Crippen molar-refractivity contribution in [2.24, 2.45) is 0 Å². The maximum Gasteiger partial charge on any atom is 0.426 e. The zero-order valence-corrected chi connectivity index (χ0v) is 18.9. The summed E-state index contributed by atoms with van der Waals surface area (Å²) in [6.07, 6.45) is 0. The maximum absolute atomic E-state index is 13.3. The smallest absolute Gasteiger partial charge is 0.426 e. The van der Waals surface area contributed by atoms with Crippen molar-refractivity contribution in [3.63, 3.8) is 0 Å². The van der Waals surface area contributed by atoms with Gasteiger partial charge in [-0.2, -0.15) is 8.42 Å². The first-order chi connectivity index (χ1) is 16.2. The van der Waals surface area contributed by atoms with Gasteiger partial charge in [0.05, 0.1) is 6.61 Å². The number of nitrogens with zero attached hydrogens (tertiary/aromatic N) is 2. The quantitative estimate of drug-likeness (QED) is 0.258. The van der Waals surface area contributed by atoms with Crippen molar-refractivity contribution in [2.45, 2.75) is 17.2 Å². The molecule has 0 atom stereocenters. The van der Waals surface area contributed by atoms with E-state index in [1.54, 1.807) is 31.2 Å². The fourth-order valence-electron chi connectivity index (χ4n) is 3.85. The Morgan fingerprint density at radius 3 is 1.91 bits per heavy atom. The second-order valence-corrected chi connectivity index (χ2v) is 9.61. The lowest BCUT2D eigenvalue weighted by molar-refractivity contribution is 0.258. The molecule has 34 heavy (non-hydrogen) atoms. The van der Waals surface area contributed by atoms with Gasteiger partial charge in [-0.3, -0.25) is 4.18 Å². The molecule has 0 aliphatic carbocycles. The van der Waals surface area contributed by atoms with Crippen LogP contribution in [-0.2, 0) is 19.7 Å². The van der Waals surface area contributed by atoms with Gasteiger partial charge in [0.1, 0.15) is 16.4 Å². The number of hydrogen-bond acceptors (Lipinski definition) is 7. The minimum Gasteiger partial charge on any atom is -0.508 e. The van der Waals surface area contributed by atoms with Crippen LogP contribution in [0.5, 0.6) is 17.2 Å². The van der Waals surface area contributed by atoms with Crippen LogP contribution >= 0.6 is 0 Å². The Hall–Kier alpha value is -4.13. The lowest BCUT2D eigenvalue weighted by Gasteiger charge is -2.30. The monoisotopic (exact) mass is 477 g/mol. The summed E-state index contributed by atoms with van der Waals surface area (Å²) in [5.74, 6) is -0.222. The van der Waals surface area contributed by atoms with Gasteiger partial charge >= 0.3 is 5.69 Å². The summed E-state index contributed by atoms with van der Waals surface area (Å²) in [6, 6.07) is 19.8. The van der Waals surface area contributed by atoms with Gasteiger partial charge in [0.15, 0.2) is 4.98 Å². The van der Waals surface area contributed by atoms with Crippen LogP contribution in [0.15, 0.2) is 83.8 Å². The van der Waals surface area contributed by atoms with E-state index in [4.69, 9.17) is 9.58 Å². The first-order valence-corrected chi connectivity index (χ1v) is 11.6. The van der Waals surface area contributed by atoms with E-state index in [0.717, 1.165) is 0 Å². The largest absolute Gasteiger partial charge is 0.508 e. The van der Waals surface area contributed by atoms with Crippen molar-refractivity contribution in [3.8, 4) is 17.2 Å². The van der Waals surface area contributed by atoms with Gasteiger partial charge in [-0.1, -0.05) is 36.4 Å². The summed E-state index contributed by atoms with van der Waals surface area (Å²) in [5, 5.41) is 39.1. The minimum absolute atomic E-state index is 0.0647. The van der Waals surface area contributed by atoms with Crippen LogP contribution in [0.4, 0.5) is 5.69 Å². The van der Waals surface area contributed by atoms with Crippen LogP contribution in [0.2, 0.25) is 0 Å². The van der Waals surface area contributed by atoms with Crippen LogP contribution in [-0.4, -0.2) is 30.3 Å². The van der Waals surface area contributed by atoms with E-state index in [-0.39, 0.29) is 45.2 Å². The van der Waals surface area contributed by atoms with Gasteiger partial charge in [0, 0.05) is 22.3 Å². The molecule has 0 unspecified atom stereocenters. The van der Waals surface area contributed by atoms with Crippen LogP contribution in [0.25, 0.3) is 15.7 Å². The van der Waals surface area contributed by atoms with Crippen LogP contribution in [0.1, 0.15) is 18.1 Å². The van der Waals surface area contributed by atoms with Crippen molar-refractivity contribution in [1.29, 1.82) is 5.39 Å². The number of phenolic OH excluding ortho intramolecular Hbond substituents is 3. The molecule has 0 aliphatic heterocycles. The summed E-state index contributed by atoms with van der Waals surface area (Å²) in [4.78, 5) is 2.84. The number of rotatable bonds is 6. The van der Waals surface area contributed by atoms with Gasteiger partial charge in [-0.05, 0) is 54.4 Å². The molecule has 0 spiro atoms. The summed E-state index contributed by atoms with van der Waals surface area (Å²) < 4.78 is 32.1. The van der Waals surface area contributed by atoms with Gasteiger partial charge in [0.2, 0.25) is 11.1 Å². The topological polar surface area (TPSA) is 132 Å². The number of diazo groups is 1. The Balaban J connectivity index is 1.76. The molecule has 0 aliphatic rings. The highest BCUT2D eigenvalue weighted by Gasteiger charge is 2.33. The zero-order valence-electron chi connectivity index (χ0n) is 18.1. The van der Waals surface area contributed by atoms with Crippen molar-refractivity contribution >= 4 is 26.6 Å². The molecular formula is C25H21N2O6S+. The van der Waals surface area contributed by atoms with Gasteiger partial charge < -0.3 is 15.3 Å². The molecule has 0 saturated carbocycles. The van der Waals surface area contributed by atoms with Crippen LogP contribution in [0, 0.1) is 5.39 Å². The molecule has 4 aromatic rings. The molecule has 4 aromatic carbocycles. The molecule has 0 heterocycles. The third-order valence-electron chi connectivity index (χ3n) is 5.86. The molecule has 0 fully saturated rings. The highest BCUT2D eigenvalue weighted by molar-refractivity contribution is 7.87. The summed E-state index contributed by atoms with van der Waals surface area (Å²) >= 11 is 0. The van der Waals surface area contributed by atoms with Crippen LogP contribution < -0.4 is 0 Å². The fraction of sp³-hybridized carbons (Fsp3) is 0.120. The molecule has 8 nitrogen and oxygen atoms in total. The number of benzene rings is 4. The summed E-state index contributed by atoms with van der Waals surface area (Å²) in [6.45, 7) is 1.52. The number of fused-ring (bicyclic) bond motifs is 1. The lowest BCUT2D eigenvalue weighted by atomic mass is 9.77. The third kappa shape index (κ3) is 4.12. The molecule has 3 N–H and O–H groups in total. The van der Waals surface area contributed by atoms with E-state index < -0.39 is 15.5 Å². The molecular weight excluding hydrogens is 456 g/mol. The Morgan fingerprint density at radius 2 is 1.38 bits per heavy atom. The van der Waals surface area contributed by atoms with E-state index in [1.807, 2.05) is 0 Å². The second-order valence-electron chi connectivity index (χ2n) is 8.03. The minimum atomic E-state index is -4.29. The Kier molecular flexibility index (Phi) is 5.87. The van der Waals surface area contributed by atoms with Crippen molar-refractivity contribution in [3.05, 3.63) is 95.0 Å². The molecule has 0 saturated heterocycles. The average molecular weight is 478 g/mol. The lowest BCUT2D eigenvalue weighted by Crippen LogP contribution is -2.31. The number of hydrogen-bond donors (Lipinski definition) is 3. The molecule has 0 radical (unpaired) electrons. The Labute approximate surface area is 196 Å². The van der Waals surface area contributed by atoms with Crippen molar-refractivity contribution < 1.29 is 27.9 Å². The van der Waals surface area contributed by atoms with E-state index in [0.29, 0.717) is 11.1 Å². The van der Waals surface area contributed by atoms with E-state index in [1.165, 1.54) is 54.6 Å². The average Bonchev–Trinajstić information content (AvgIpc) is 2.83. The van der Waals surface area contributed by atoms with E-state index in [2.05, 4.69) is 4.98 Å². The molecule has 172 valence electrons. The van der Waals surface area contributed by atoms with E-state index in [9.17, 15) is 23.7 Å². The van der Waals surface area contributed by atoms with Gasteiger partial charge in [-0.25, -0.2) is 0 Å².